The molecular formula is C31H26N6O5. The van der Waals surface area contributed by atoms with Crippen LogP contribution < -0.4 is 25.0 Å². The number of nitrogens with zero attached hydrogens (tertiary/aromatic N) is 4. The number of aromatic nitrogens is 3. The van der Waals surface area contributed by atoms with Crippen molar-refractivity contribution < 1.29 is 24.2 Å². The molecule has 0 spiro atoms. The zero-order chi connectivity index (χ0) is 29.1. The van der Waals surface area contributed by atoms with Crippen molar-refractivity contribution in [3.05, 3.63) is 102 Å². The van der Waals surface area contributed by atoms with Gasteiger partial charge in [0.05, 0.1) is 12.8 Å². The van der Waals surface area contributed by atoms with E-state index in [1.54, 1.807) is 35.2 Å². The molecule has 1 atom stereocenters. The maximum absolute atomic E-state index is 13.0. The van der Waals surface area contributed by atoms with Crippen LogP contribution in [0.2, 0.25) is 0 Å². The summed E-state index contributed by atoms with van der Waals surface area (Å²) in [7, 11) is 1.50. The molecular weight excluding hydrogens is 536 g/mol. The number of anilines is 3. The number of amides is 2. The Morgan fingerprint density at radius 1 is 0.857 bits per heavy atom. The number of carboxylic acids is 1. The number of aliphatic carboxylic acids is 1. The van der Waals surface area contributed by atoms with E-state index < -0.39 is 18.0 Å². The van der Waals surface area contributed by atoms with Crippen LogP contribution in [0.1, 0.15) is 11.1 Å². The summed E-state index contributed by atoms with van der Waals surface area (Å²) in [6.07, 6.45) is 0.259. The van der Waals surface area contributed by atoms with Crippen molar-refractivity contribution in [3.8, 4) is 17.5 Å². The minimum Gasteiger partial charge on any atom is -0.495 e. The van der Waals surface area contributed by atoms with Crippen molar-refractivity contribution in [1.29, 1.82) is 0 Å². The van der Waals surface area contributed by atoms with Gasteiger partial charge in [-0.25, -0.2) is 9.59 Å². The van der Waals surface area contributed by atoms with Gasteiger partial charge in [-0.1, -0.05) is 66.7 Å². The summed E-state index contributed by atoms with van der Waals surface area (Å²) in [5.41, 5.74) is 2.34. The molecule has 6 rings (SSSR count). The van der Waals surface area contributed by atoms with E-state index in [0.29, 0.717) is 17.2 Å². The SMILES string of the molecule is COc1ccccc1NC(=O)Nc1nc(Oc2ccc3ccccc3c2)nc(N2Cc3ccccc3CC2C(=O)O)n1. The van der Waals surface area contributed by atoms with Gasteiger partial charge in [0.2, 0.25) is 11.9 Å². The predicted octanol–water partition coefficient (Wildman–Crippen LogP) is 5.49. The fourth-order valence-electron chi connectivity index (χ4n) is 4.87. The molecule has 1 aliphatic heterocycles. The molecule has 4 aromatic carbocycles. The summed E-state index contributed by atoms with van der Waals surface area (Å²) in [5.74, 6) is -0.151. The summed E-state index contributed by atoms with van der Waals surface area (Å²) in [4.78, 5) is 40.1. The first-order chi connectivity index (χ1) is 20.5. The molecule has 5 aromatic rings. The van der Waals surface area contributed by atoms with E-state index in [-0.39, 0.29) is 30.9 Å². The number of carbonyl (C=O) groups excluding carboxylic acids is 1. The van der Waals surface area contributed by atoms with Gasteiger partial charge in [-0.05, 0) is 46.2 Å². The molecule has 0 aliphatic carbocycles. The summed E-state index contributed by atoms with van der Waals surface area (Å²) in [6, 6.07) is 26.3. The van der Waals surface area contributed by atoms with Crippen LogP contribution in [0.15, 0.2) is 91.0 Å². The van der Waals surface area contributed by atoms with Crippen LogP contribution in [-0.4, -0.2) is 45.2 Å². The number of para-hydroxylation sites is 2. The molecule has 11 nitrogen and oxygen atoms in total. The van der Waals surface area contributed by atoms with Gasteiger partial charge in [0.15, 0.2) is 0 Å². The van der Waals surface area contributed by atoms with E-state index in [1.807, 2.05) is 60.7 Å². The largest absolute Gasteiger partial charge is 0.495 e. The normalized spacial score (nSPS) is 14.1. The number of methoxy groups -OCH3 is 1. The smallest absolute Gasteiger partial charge is 0.328 e. The Morgan fingerprint density at radius 2 is 1.60 bits per heavy atom. The fourth-order valence-corrected chi connectivity index (χ4v) is 4.87. The lowest BCUT2D eigenvalue weighted by atomic mass is 9.94. The Hall–Kier alpha value is -5.71. The van der Waals surface area contributed by atoms with E-state index in [4.69, 9.17) is 9.47 Å². The van der Waals surface area contributed by atoms with Gasteiger partial charge >= 0.3 is 18.0 Å². The van der Waals surface area contributed by atoms with Crippen molar-refractivity contribution in [2.24, 2.45) is 0 Å². The molecule has 2 amide bonds. The molecule has 1 aromatic heterocycles. The highest BCUT2D eigenvalue weighted by molar-refractivity contribution is 5.99. The first kappa shape index (κ1) is 26.5. The molecule has 1 aliphatic rings. The second kappa shape index (κ2) is 11.4. The van der Waals surface area contributed by atoms with Gasteiger partial charge in [-0.2, -0.15) is 15.0 Å². The third kappa shape index (κ3) is 5.61. The van der Waals surface area contributed by atoms with E-state index in [0.717, 1.165) is 21.9 Å². The van der Waals surface area contributed by atoms with Crippen molar-refractivity contribution >= 4 is 40.4 Å². The molecule has 2 heterocycles. The highest BCUT2D eigenvalue weighted by atomic mass is 16.5. The topological polar surface area (TPSA) is 139 Å². The van der Waals surface area contributed by atoms with Gasteiger partial charge in [-0.15, -0.1) is 0 Å². The maximum atomic E-state index is 13.0. The average Bonchev–Trinajstić information content (AvgIpc) is 3.00. The minimum atomic E-state index is -1.02. The third-order valence-corrected chi connectivity index (χ3v) is 6.90. The van der Waals surface area contributed by atoms with E-state index in [9.17, 15) is 14.7 Å². The quantitative estimate of drug-likeness (QED) is 0.235. The lowest BCUT2D eigenvalue weighted by molar-refractivity contribution is -0.138. The van der Waals surface area contributed by atoms with Crippen LogP contribution in [0.3, 0.4) is 0 Å². The Kier molecular flexibility index (Phi) is 7.21. The number of ether oxygens (including phenoxy) is 2. The second-order valence-corrected chi connectivity index (χ2v) is 9.59. The third-order valence-electron chi connectivity index (χ3n) is 6.90. The number of hydrogen-bond acceptors (Lipinski definition) is 8. The number of carboxylic acid groups (broad SMARTS) is 1. The van der Waals surface area contributed by atoms with Gasteiger partial charge < -0.3 is 24.8 Å². The van der Waals surface area contributed by atoms with Crippen molar-refractivity contribution in [3.63, 3.8) is 0 Å². The number of benzene rings is 4. The molecule has 42 heavy (non-hydrogen) atoms. The Labute approximate surface area is 240 Å². The van der Waals surface area contributed by atoms with Crippen molar-refractivity contribution in [1.82, 2.24) is 15.0 Å². The van der Waals surface area contributed by atoms with Gasteiger partial charge in [0.1, 0.15) is 17.5 Å². The number of carbonyl (C=O) groups is 2. The molecule has 0 radical (unpaired) electrons. The summed E-state index contributed by atoms with van der Waals surface area (Å²) in [6.45, 7) is 0.249. The molecule has 1 unspecified atom stereocenters. The van der Waals surface area contributed by atoms with E-state index in [2.05, 4.69) is 25.6 Å². The lowest BCUT2D eigenvalue weighted by Gasteiger charge is -2.34. The summed E-state index contributed by atoms with van der Waals surface area (Å²) >= 11 is 0. The van der Waals surface area contributed by atoms with Crippen LogP contribution in [0.4, 0.5) is 22.4 Å². The molecule has 0 saturated heterocycles. The Balaban J connectivity index is 1.36. The monoisotopic (exact) mass is 562 g/mol. The first-order valence-electron chi connectivity index (χ1n) is 13.2. The Bertz CT molecular complexity index is 1800. The number of rotatable bonds is 7. The summed E-state index contributed by atoms with van der Waals surface area (Å²) < 4.78 is 11.3. The first-order valence-corrected chi connectivity index (χ1v) is 13.2. The highest BCUT2D eigenvalue weighted by Crippen LogP contribution is 2.30. The Morgan fingerprint density at radius 3 is 2.40 bits per heavy atom. The molecule has 0 fully saturated rings. The summed E-state index contributed by atoms with van der Waals surface area (Å²) in [5, 5.41) is 17.4. The number of fused-ring (bicyclic) bond motifs is 2. The van der Waals surface area contributed by atoms with Crippen molar-refractivity contribution in [2.75, 3.05) is 22.6 Å². The zero-order valence-electron chi connectivity index (χ0n) is 22.5. The van der Waals surface area contributed by atoms with E-state index >= 15 is 0 Å². The van der Waals surface area contributed by atoms with Crippen LogP contribution in [-0.2, 0) is 17.8 Å². The van der Waals surface area contributed by atoms with Crippen LogP contribution in [0.25, 0.3) is 10.8 Å². The number of nitrogens with one attached hydrogen (secondary N) is 2. The highest BCUT2D eigenvalue weighted by Gasteiger charge is 2.34. The van der Waals surface area contributed by atoms with Crippen molar-refractivity contribution in [2.45, 2.75) is 19.0 Å². The van der Waals surface area contributed by atoms with Crippen LogP contribution in [0, 0.1) is 0 Å². The van der Waals surface area contributed by atoms with Gasteiger partial charge in [0.25, 0.3) is 0 Å². The van der Waals surface area contributed by atoms with E-state index in [1.165, 1.54) is 7.11 Å². The second-order valence-electron chi connectivity index (χ2n) is 9.59. The predicted molar refractivity (Wildman–Crippen MR) is 157 cm³/mol. The van der Waals surface area contributed by atoms with Crippen LogP contribution >= 0.6 is 0 Å². The lowest BCUT2D eigenvalue weighted by Crippen LogP contribution is -2.46. The maximum Gasteiger partial charge on any atom is 0.328 e. The number of hydrogen-bond donors (Lipinski definition) is 3. The minimum absolute atomic E-state index is 0.0512. The molecule has 0 bridgehead atoms. The number of urea groups is 1. The zero-order valence-corrected chi connectivity index (χ0v) is 22.5. The molecule has 210 valence electrons. The van der Waals surface area contributed by atoms with Gasteiger partial charge in [0, 0.05) is 13.0 Å². The standard InChI is InChI=1S/C31H26N6O5/c1-41-26-13-7-6-12-24(26)32-30(40)34-28-33-29(37-18-22-11-5-4-10-21(22)17-25(37)27(38)39)36-31(35-28)42-23-15-14-19-8-2-3-9-20(19)16-23/h2-16,25H,17-18H2,1H3,(H,38,39)(H2,32,33,34,35,36,40). The molecule has 3 N–H and O–H groups in total. The average molecular weight is 563 g/mol. The van der Waals surface area contributed by atoms with Gasteiger partial charge in [-0.3, -0.25) is 5.32 Å². The fraction of sp³-hybridized carbons (Fsp3) is 0.129. The molecule has 0 saturated carbocycles. The molecule has 11 heteroatoms. The van der Waals surface area contributed by atoms with Crippen LogP contribution in [0.5, 0.6) is 17.5 Å².